The van der Waals surface area contributed by atoms with Crippen molar-refractivity contribution < 1.29 is 12.8 Å². The second-order valence-corrected chi connectivity index (χ2v) is 9.08. The van der Waals surface area contributed by atoms with Crippen LogP contribution >= 0.6 is 22.9 Å². The van der Waals surface area contributed by atoms with Crippen LogP contribution in [0.4, 0.5) is 0 Å². The molecule has 2 aromatic carbocycles. The number of para-hydroxylation sites is 1. The van der Waals surface area contributed by atoms with Gasteiger partial charge in [0.1, 0.15) is 11.3 Å². The molecule has 4 aromatic rings. The Morgan fingerprint density at radius 3 is 2.30 bits per heavy atom. The van der Waals surface area contributed by atoms with Gasteiger partial charge >= 0.3 is 0 Å². The number of nitrogens with two attached hydrogens (primary N) is 1. The second kappa shape index (κ2) is 6.61. The van der Waals surface area contributed by atoms with Crippen molar-refractivity contribution in [2.75, 3.05) is 0 Å². The van der Waals surface area contributed by atoms with E-state index in [1.807, 2.05) is 0 Å². The van der Waals surface area contributed by atoms with Crippen LogP contribution in [0.5, 0.6) is 0 Å². The lowest BCUT2D eigenvalue weighted by molar-refractivity contribution is 0.597. The molecule has 2 N–H and O–H groups in total. The first-order valence-corrected chi connectivity index (χ1v) is 10.5. The van der Waals surface area contributed by atoms with Crippen molar-refractivity contribution in [3.05, 3.63) is 75.2 Å². The van der Waals surface area contributed by atoms with Gasteiger partial charge in [0.25, 0.3) is 0 Å². The van der Waals surface area contributed by atoms with Crippen molar-refractivity contribution in [2.24, 2.45) is 5.14 Å². The minimum atomic E-state index is -3.81. The molecule has 0 spiro atoms. The number of primary sulfonamides is 1. The fraction of sp³-hybridized carbons (Fsp3) is 0. The summed E-state index contributed by atoms with van der Waals surface area (Å²) >= 11 is 7.32. The van der Waals surface area contributed by atoms with Crippen molar-refractivity contribution in [3.63, 3.8) is 0 Å². The van der Waals surface area contributed by atoms with E-state index in [0.29, 0.717) is 37.1 Å². The van der Waals surface area contributed by atoms with E-state index in [1.165, 1.54) is 23.5 Å². The van der Waals surface area contributed by atoms with Crippen molar-refractivity contribution in [1.29, 1.82) is 0 Å². The summed E-state index contributed by atoms with van der Waals surface area (Å²) in [6.45, 7) is 0. The van der Waals surface area contributed by atoms with Crippen LogP contribution in [-0.2, 0) is 10.0 Å². The average Bonchev–Trinajstić information content (AvgIpc) is 3.07. The molecule has 0 unspecified atom stereocenters. The molecule has 2 aromatic heterocycles. The normalized spacial score (nSPS) is 11.8. The average molecular weight is 418 g/mol. The lowest BCUT2D eigenvalue weighted by Gasteiger charge is -2.09. The van der Waals surface area contributed by atoms with Gasteiger partial charge in [0.15, 0.2) is 0 Å². The van der Waals surface area contributed by atoms with Crippen LogP contribution in [0, 0.1) is 0 Å². The third kappa shape index (κ3) is 3.30. The summed E-state index contributed by atoms with van der Waals surface area (Å²) in [7, 11) is -3.81. The molecule has 0 aliphatic rings. The quantitative estimate of drug-likeness (QED) is 0.531. The van der Waals surface area contributed by atoms with Gasteiger partial charge in [-0.15, -0.1) is 11.3 Å². The third-order valence-electron chi connectivity index (χ3n) is 4.06. The highest BCUT2D eigenvalue weighted by molar-refractivity contribution is 7.89. The molecule has 0 bridgehead atoms. The Balaban J connectivity index is 2.03. The molecule has 27 heavy (non-hydrogen) atoms. The Kier molecular flexibility index (Phi) is 4.39. The van der Waals surface area contributed by atoms with Crippen molar-refractivity contribution in [1.82, 2.24) is 0 Å². The fourth-order valence-electron chi connectivity index (χ4n) is 2.81. The second-order valence-electron chi connectivity index (χ2n) is 5.80. The van der Waals surface area contributed by atoms with E-state index in [9.17, 15) is 13.2 Å². The smallest absolute Gasteiger partial charge is 0.238 e. The van der Waals surface area contributed by atoms with E-state index >= 15 is 0 Å². The Morgan fingerprint density at radius 1 is 0.963 bits per heavy atom. The van der Waals surface area contributed by atoms with Crippen LogP contribution in [-0.4, -0.2) is 8.42 Å². The van der Waals surface area contributed by atoms with Crippen molar-refractivity contribution in [2.45, 2.75) is 4.90 Å². The molecule has 0 aliphatic carbocycles. The zero-order chi connectivity index (χ0) is 19.2. The molecule has 5 nitrogen and oxygen atoms in total. The predicted octanol–water partition coefficient (Wildman–Crippen LogP) is 4.49. The number of hydrogen-bond acceptors (Lipinski definition) is 5. The molecule has 2 heterocycles. The van der Waals surface area contributed by atoms with E-state index in [1.54, 1.807) is 48.5 Å². The molecule has 0 fully saturated rings. The van der Waals surface area contributed by atoms with Gasteiger partial charge in [-0.05, 0) is 48.5 Å². The minimum Gasteiger partial charge on any atom is -0.455 e. The molecule has 4 rings (SSSR count). The van der Waals surface area contributed by atoms with Crippen LogP contribution in [0.1, 0.15) is 0 Å². The first-order valence-electron chi connectivity index (χ1n) is 7.79. The van der Waals surface area contributed by atoms with Crippen molar-refractivity contribution >= 4 is 43.9 Å². The molecular weight excluding hydrogens is 406 g/mol. The van der Waals surface area contributed by atoms with Crippen molar-refractivity contribution in [3.8, 4) is 21.8 Å². The summed E-state index contributed by atoms with van der Waals surface area (Å²) in [6, 6.07) is 16.3. The maximum absolute atomic E-state index is 13.1. The number of sulfonamides is 1. The molecule has 136 valence electrons. The fourth-order valence-corrected chi connectivity index (χ4v) is 4.41. The Hall–Kier alpha value is -2.45. The maximum atomic E-state index is 13.1. The van der Waals surface area contributed by atoms with Gasteiger partial charge < -0.3 is 4.42 Å². The van der Waals surface area contributed by atoms with E-state index in [-0.39, 0.29) is 10.3 Å². The summed E-state index contributed by atoms with van der Waals surface area (Å²) in [5.74, 6) is 0.346. The van der Waals surface area contributed by atoms with Gasteiger partial charge in [0, 0.05) is 10.4 Å². The van der Waals surface area contributed by atoms with Crippen LogP contribution in [0.25, 0.3) is 32.7 Å². The van der Waals surface area contributed by atoms with Crippen LogP contribution in [0.3, 0.4) is 0 Å². The van der Waals surface area contributed by atoms with Crippen LogP contribution in [0.15, 0.2) is 74.8 Å². The van der Waals surface area contributed by atoms with Crippen LogP contribution < -0.4 is 10.6 Å². The standard InChI is InChI=1S/C19H12ClNO4S2/c20-16-10-9-15(26-16)17-18(22)13-3-1-2-4-14(13)25-19(17)11-5-7-12(8-6-11)27(21,23)24/h1-10H,(H2,21,23,24). The summed E-state index contributed by atoms with van der Waals surface area (Å²) in [6.07, 6.45) is 0. The summed E-state index contributed by atoms with van der Waals surface area (Å²) < 4.78 is 29.6. The molecule has 0 saturated carbocycles. The molecule has 0 radical (unpaired) electrons. The zero-order valence-corrected chi connectivity index (χ0v) is 16.1. The zero-order valence-electron chi connectivity index (χ0n) is 13.7. The first-order chi connectivity index (χ1) is 12.8. The maximum Gasteiger partial charge on any atom is 0.238 e. The minimum absolute atomic E-state index is 0.0184. The Labute approximate surface area is 163 Å². The number of hydrogen-bond donors (Lipinski definition) is 1. The molecule has 0 atom stereocenters. The van der Waals surface area contributed by atoms with Gasteiger partial charge in [-0.25, -0.2) is 13.6 Å². The lowest BCUT2D eigenvalue weighted by Crippen LogP contribution is -2.11. The Morgan fingerprint density at radius 2 is 1.67 bits per heavy atom. The van der Waals surface area contributed by atoms with Gasteiger partial charge in [0.2, 0.25) is 15.5 Å². The summed E-state index contributed by atoms with van der Waals surface area (Å²) in [5, 5.41) is 5.61. The highest BCUT2D eigenvalue weighted by Gasteiger charge is 2.19. The molecule has 0 saturated heterocycles. The number of rotatable bonds is 3. The SMILES string of the molecule is NS(=O)(=O)c1ccc(-c2oc3ccccc3c(=O)c2-c2ccc(Cl)s2)cc1. The monoisotopic (exact) mass is 417 g/mol. The number of fused-ring (bicyclic) bond motifs is 1. The van der Waals surface area contributed by atoms with Gasteiger partial charge in [0.05, 0.1) is 20.2 Å². The Bertz CT molecular complexity index is 1320. The molecular formula is C19H12ClNO4S2. The number of benzene rings is 2. The molecule has 0 aliphatic heterocycles. The van der Waals surface area contributed by atoms with Crippen LogP contribution in [0.2, 0.25) is 4.34 Å². The number of halogens is 1. The van der Waals surface area contributed by atoms with Gasteiger partial charge in [-0.1, -0.05) is 23.7 Å². The van der Waals surface area contributed by atoms with Gasteiger partial charge in [-0.3, -0.25) is 4.79 Å². The predicted molar refractivity (Wildman–Crippen MR) is 108 cm³/mol. The highest BCUT2D eigenvalue weighted by Crippen LogP contribution is 2.37. The topological polar surface area (TPSA) is 90.4 Å². The molecule has 0 amide bonds. The lowest BCUT2D eigenvalue weighted by atomic mass is 10.0. The molecule has 8 heteroatoms. The first kappa shape index (κ1) is 17.9. The van der Waals surface area contributed by atoms with Gasteiger partial charge in [-0.2, -0.15) is 0 Å². The summed E-state index contributed by atoms with van der Waals surface area (Å²) in [4.78, 5) is 13.8. The van der Waals surface area contributed by atoms with E-state index < -0.39 is 10.0 Å². The van der Waals surface area contributed by atoms with E-state index in [0.717, 1.165) is 0 Å². The third-order valence-corrected chi connectivity index (χ3v) is 6.24. The van der Waals surface area contributed by atoms with E-state index in [2.05, 4.69) is 0 Å². The number of thiophene rings is 1. The highest BCUT2D eigenvalue weighted by atomic mass is 35.5. The summed E-state index contributed by atoms with van der Waals surface area (Å²) in [5.41, 5.74) is 1.21. The van der Waals surface area contributed by atoms with E-state index in [4.69, 9.17) is 21.2 Å². The largest absolute Gasteiger partial charge is 0.455 e.